The van der Waals surface area contributed by atoms with E-state index in [0.29, 0.717) is 68.1 Å². The van der Waals surface area contributed by atoms with Gasteiger partial charge in [0.15, 0.2) is 28.8 Å². The molecule has 0 saturated carbocycles. The minimum Gasteiger partial charge on any atom is -0.486 e. The lowest BCUT2D eigenvalue weighted by Gasteiger charge is -2.25. The molecule has 1 amide bonds. The lowest BCUT2D eigenvalue weighted by Crippen LogP contribution is -2.31. The van der Waals surface area contributed by atoms with Gasteiger partial charge in [0.2, 0.25) is 5.91 Å². The zero-order chi connectivity index (χ0) is 20.9. The van der Waals surface area contributed by atoms with Crippen molar-refractivity contribution in [3.63, 3.8) is 0 Å². The molecule has 7 nitrogen and oxygen atoms in total. The van der Waals surface area contributed by atoms with Gasteiger partial charge in [-0.05, 0) is 31.2 Å². The van der Waals surface area contributed by atoms with Crippen molar-refractivity contribution in [2.45, 2.75) is 26.3 Å². The first-order valence-corrected chi connectivity index (χ1v) is 10.2. The summed E-state index contributed by atoms with van der Waals surface area (Å²) in [5.74, 6) is 2.45. The highest BCUT2D eigenvalue weighted by Gasteiger charge is 2.21. The third kappa shape index (κ3) is 4.35. The highest BCUT2D eigenvalue weighted by Crippen LogP contribution is 2.34. The number of rotatable bonds is 7. The quantitative estimate of drug-likeness (QED) is 0.651. The molecular weight excluding hydrogens is 386 g/mol. The summed E-state index contributed by atoms with van der Waals surface area (Å²) in [6.45, 7) is 4.87. The van der Waals surface area contributed by atoms with Crippen molar-refractivity contribution in [2.75, 3.05) is 33.0 Å². The predicted molar refractivity (Wildman–Crippen MR) is 110 cm³/mol. The summed E-state index contributed by atoms with van der Waals surface area (Å²) < 4.78 is 22.4. The first kappa shape index (κ1) is 20.1. The van der Waals surface area contributed by atoms with Crippen LogP contribution in [0.4, 0.5) is 0 Å². The van der Waals surface area contributed by atoms with E-state index in [1.807, 2.05) is 25.1 Å². The van der Waals surface area contributed by atoms with E-state index in [4.69, 9.17) is 18.9 Å². The zero-order valence-electron chi connectivity index (χ0n) is 17.0. The predicted octanol–water partition coefficient (Wildman–Crippen LogP) is 3.24. The molecule has 2 aliphatic heterocycles. The molecule has 0 unspecified atom stereocenters. The van der Waals surface area contributed by atoms with Gasteiger partial charge in [0.1, 0.15) is 26.4 Å². The van der Waals surface area contributed by atoms with E-state index in [1.54, 1.807) is 23.1 Å². The van der Waals surface area contributed by atoms with Gasteiger partial charge in [0.05, 0.1) is 0 Å². The van der Waals surface area contributed by atoms with Crippen LogP contribution in [0.2, 0.25) is 0 Å². The number of ketones is 1. The lowest BCUT2D eigenvalue weighted by molar-refractivity contribution is -0.131. The molecule has 30 heavy (non-hydrogen) atoms. The van der Waals surface area contributed by atoms with Gasteiger partial charge in [-0.2, -0.15) is 0 Å². The Kier molecular flexibility index (Phi) is 6.07. The van der Waals surface area contributed by atoms with E-state index >= 15 is 0 Å². The van der Waals surface area contributed by atoms with Crippen LogP contribution in [0.3, 0.4) is 0 Å². The molecule has 2 aliphatic rings. The van der Waals surface area contributed by atoms with Crippen LogP contribution >= 0.6 is 0 Å². The third-order valence-electron chi connectivity index (χ3n) is 5.17. The van der Waals surface area contributed by atoms with Crippen molar-refractivity contribution in [3.8, 4) is 23.0 Å². The largest absolute Gasteiger partial charge is 0.486 e. The number of ether oxygens (including phenoxy) is 4. The molecule has 0 radical (unpaired) electrons. The molecule has 2 heterocycles. The molecular formula is C23H25NO6. The van der Waals surface area contributed by atoms with Crippen LogP contribution in [0.1, 0.15) is 35.7 Å². The first-order chi connectivity index (χ1) is 14.7. The Morgan fingerprint density at radius 2 is 1.60 bits per heavy atom. The number of fused-ring (bicyclic) bond motifs is 2. The molecule has 7 heteroatoms. The van der Waals surface area contributed by atoms with Crippen molar-refractivity contribution in [2.24, 2.45) is 0 Å². The van der Waals surface area contributed by atoms with Crippen LogP contribution in [-0.2, 0) is 11.3 Å². The average Bonchev–Trinajstić information content (AvgIpc) is 2.80. The molecule has 0 bridgehead atoms. The fourth-order valence-corrected chi connectivity index (χ4v) is 3.58. The van der Waals surface area contributed by atoms with E-state index in [0.717, 1.165) is 5.56 Å². The number of carbonyl (C=O) groups excluding carboxylic acids is 2. The SMILES string of the molecule is CCN(Cc1cccc2c1OCCO2)C(=O)CCC(=O)c1ccc2c(c1)OCCO2. The molecule has 0 aliphatic carbocycles. The Bertz CT molecular complexity index is 941. The maximum atomic E-state index is 12.8. The van der Waals surface area contributed by atoms with E-state index in [-0.39, 0.29) is 24.5 Å². The van der Waals surface area contributed by atoms with Gasteiger partial charge in [0, 0.05) is 37.1 Å². The van der Waals surface area contributed by atoms with Crippen molar-refractivity contribution in [3.05, 3.63) is 47.5 Å². The maximum absolute atomic E-state index is 12.8. The molecule has 0 atom stereocenters. The molecule has 2 aromatic rings. The van der Waals surface area contributed by atoms with E-state index in [9.17, 15) is 9.59 Å². The van der Waals surface area contributed by atoms with Crippen LogP contribution in [0.25, 0.3) is 0 Å². The summed E-state index contributed by atoms with van der Waals surface area (Å²) in [5.41, 5.74) is 1.43. The highest BCUT2D eigenvalue weighted by molar-refractivity contribution is 5.98. The second-order valence-electron chi connectivity index (χ2n) is 7.13. The van der Waals surface area contributed by atoms with E-state index < -0.39 is 0 Å². The number of Topliss-reactive ketones (excluding diaryl/α,β-unsaturated/α-hetero) is 1. The van der Waals surface area contributed by atoms with Crippen molar-refractivity contribution < 1.29 is 28.5 Å². The van der Waals surface area contributed by atoms with Crippen molar-refractivity contribution in [1.82, 2.24) is 4.90 Å². The summed E-state index contributed by atoms with van der Waals surface area (Å²) in [5, 5.41) is 0. The van der Waals surface area contributed by atoms with Gasteiger partial charge in [-0.25, -0.2) is 0 Å². The van der Waals surface area contributed by atoms with E-state index in [2.05, 4.69) is 0 Å². The van der Waals surface area contributed by atoms with E-state index in [1.165, 1.54) is 0 Å². The Balaban J connectivity index is 1.37. The van der Waals surface area contributed by atoms with Gasteiger partial charge in [-0.15, -0.1) is 0 Å². The number of para-hydroxylation sites is 1. The standard InChI is InChI=1S/C23H25NO6/c1-2-24(15-17-4-3-5-20-23(17)30-13-12-28-20)22(26)9-7-18(25)16-6-8-19-21(14-16)29-11-10-27-19/h3-6,8,14H,2,7,9-13,15H2,1H3. The normalized spacial score (nSPS) is 14.2. The molecule has 0 saturated heterocycles. The monoisotopic (exact) mass is 411 g/mol. The Hall–Kier alpha value is -3.22. The zero-order valence-corrected chi connectivity index (χ0v) is 17.0. The number of hydrogen-bond donors (Lipinski definition) is 0. The summed E-state index contributed by atoms with van der Waals surface area (Å²) >= 11 is 0. The second kappa shape index (κ2) is 9.07. The summed E-state index contributed by atoms with van der Waals surface area (Å²) in [4.78, 5) is 27.1. The fourth-order valence-electron chi connectivity index (χ4n) is 3.58. The average molecular weight is 411 g/mol. The molecule has 0 aromatic heterocycles. The number of benzene rings is 2. The van der Waals surface area contributed by atoms with Gasteiger partial charge in [-0.3, -0.25) is 9.59 Å². The van der Waals surface area contributed by atoms with Crippen molar-refractivity contribution in [1.29, 1.82) is 0 Å². The summed E-state index contributed by atoms with van der Waals surface area (Å²) in [6, 6.07) is 10.8. The Labute approximate surface area is 175 Å². The van der Waals surface area contributed by atoms with Gasteiger partial charge < -0.3 is 23.8 Å². The van der Waals surface area contributed by atoms with Gasteiger partial charge >= 0.3 is 0 Å². The summed E-state index contributed by atoms with van der Waals surface area (Å²) in [6.07, 6.45) is 0.287. The van der Waals surface area contributed by atoms with Gasteiger partial charge in [-0.1, -0.05) is 12.1 Å². The smallest absolute Gasteiger partial charge is 0.223 e. The second-order valence-corrected chi connectivity index (χ2v) is 7.13. The molecule has 0 N–H and O–H groups in total. The molecule has 0 fully saturated rings. The van der Waals surface area contributed by atoms with Gasteiger partial charge in [0.25, 0.3) is 0 Å². The number of amides is 1. The Morgan fingerprint density at radius 1 is 0.867 bits per heavy atom. The minimum absolute atomic E-state index is 0.0716. The van der Waals surface area contributed by atoms with Crippen LogP contribution in [0, 0.1) is 0 Å². The summed E-state index contributed by atoms with van der Waals surface area (Å²) in [7, 11) is 0. The van der Waals surface area contributed by atoms with Crippen LogP contribution in [-0.4, -0.2) is 49.6 Å². The lowest BCUT2D eigenvalue weighted by atomic mass is 10.0. The first-order valence-electron chi connectivity index (χ1n) is 10.2. The molecule has 4 rings (SSSR count). The van der Waals surface area contributed by atoms with Crippen molar-refractivity contribution >= 4 is 11.7 Å². The number of carbonyl (C=O) groups is 2. The van der Waals surface area contributed by atoms with Crippen LogP contribution in [0.5, 0.6) is 23.0 Å². The number of hydrogen-bond acceptors (Lipinski definition) is 6. The highest BCUT2D eigenvalue weighted by atomic mass is 16.6. The van der Waals surface area contributed by atoms with Crippen LogP contribution < -0.4 is 18.9 Å². The van der Waals surface area contributed by atoms with Crippen LogP contribution in [0.15, 0.2) is 36.4 Å². The molecule has 0 spiro atoms. The maximum Gasteiger partial charge on any atom is 0.223 e. The third-order valence-corrected chi connectivity index (χ3v) is 5.17. The number of nitrogens with zero attached hydrogens (tertiary/aromatic N) is 1. The molecule has 158 valence electrons. The topological polar surface area (TPSA) is 74.3 Å². The molecule has 2 aromatic carbocycles. The Morgan fingerprint density at radius 3 is 2.40 bits per heavy atom. The minimum atomic E-state index is -0.0924. The fraction of sp³-hybridized carbons (Fsp3) is 0.391.